The second-order valence-corrected chi connectivity index (χ2v) is 4.42. The van der Waals surface area contributed by atoms with Gasteiger partial charge in [0, 0.05) is 0 Å². The van der Waals surface area contributed by atoms with Crippen LogP contribution in [0.1, 0.15) is 18.4 Å². The Kier molecular flexibility index (Phi) is 2.70. The van der Waals surface area contributed by atoms with E-state index >= 15 is 0 Å². The lowest BCUT2D eigenvalue weighted by Crippen LogP contribution is -2.38. The molecule has 1 aliphatic carbocycles. The summed E-state index contributed by atoms with van der Waals surface area (Å²) >= 11 is 5.81. The molecule has 1 fully saturated rings. The Bertz CT molecular complexity index is 486. The number of rotatable bonds is 2. The van der Waals surface area contributed by atoms with Crippen molar-refractivity contribution in [1.29, 1.82) is 5.26 Å². The first-order valence-electron chi connectivity index (χ1n) is 4.92. The van der Waals surface area contributed by atoms with E-state index in [4.69, 9.17) is 16.9 Å². The zero-order valence-corrected chi connectivity index (χ0v) is 9.36. The van der Waals surface area contributed by atoms with Crippen LogP contribution in [0.5, 0.6) is 0 Å². The molecule has 1 saturated carbocycles. The summed E-state index contributed by atoms with van der Waals surface area (Å²) in [7, 11) is 0. The van der Waals surface area contributed by atoms with Gasteiger partial charge in [0.1, 0.15) is 5.54 Å². The predicted octanol–water partition coefficient (Wildman–Crippen LogP) is 3.72. The van der Waals surface area contributed by atoms with Crippen LogP contribution in [0.2, 0.25) is 5.02 Å². The van der Waals surface area contributed by atoms with Gasteiger partial charge in [0.05, 0.1) is 22.3 Å². The van der Waals surface area contributed by atoms with Gasteiger partial charge < -0.3 is 5.32 Å². The Balaban J connectivity index is 2.24. The highest BCUT2D eigenvalue weighted by Gasteiger charge is 2.63. The molecule has 0 saturated heterocycles. The Labute approximate surface area is 101 Å². The van der Waals surface area contributed by atoms with Gasteiger partial charge in [-0.2, -0.15) is 18.4 Å². The highest BCUT2D eigenvalue weighted by molar-refractivity contribution is 6.33. The third-order valence-corrected chi connectivity index (χ3v) is 3.08. The minimum absolute atomic E-state index is 0.0484. The molecule has 1 aliphatic rings. The van der Waals surface area contributed by atoms with Crippen LogP contribution in [0.3, 0.4) is 0 Å². The first kappa shape index (κ1) is 12.1. The molecule has 0 aliphatic heterocycles. The number of alkyl halides is 3. The molecule has 0 bridgehead atoms. The van der Waals surface area contributed by atoms with Crippen molar-refractivity contribution < 1.29 is 13.2 Å². The maximum absolute atomic E-state index is 12.7. The van der Waals surface area contributed by atoms with Crippen LogP contribution < -0.4 is 5.32 Å². The minimum Gasteiger partial charge on any atom is -0.370 e. The van der Waals surface area contributed by atoms with E-state index in [1.54, 1.807) is 0 Å². The van der Waals surface area contributed by atoms with Crippen LogP contribution >= 0.6 is 11.6 Å². The van der Waals surface area contributed by atoms with E-state index in [1.165, 1.54) is 18.2 Å². The molecule has 17 heavy (non-hydrogen) atoms. The fraction of sp³-hybridized carbons (Fsp3) is 0.364. The van der Waals surface area contributed by atoms with Crippen LogP contribution in [-0.4, -0.2) is 11.7 Å². The molecule has 0 aromatic heterocycles. The zero-order valence-electron chi connectivity index (χ0n) is 8.61. The molecule has 2 rings (SSSR count). The molecule has 1 aromatic carbocycles. The van der Waals surface area contributed by atoms with Gasteiger partial charge >= 0.3 is 6.18 Å². The average molecular weight is 261 g/mol. The molecule has 2 nitrogen and oxygen atoms in total. The molecule has 0 amide bonds. The molecule has 0 heterocycles. The standard InChI is InChI=1S/C11H8ClF3N2/c12-8-5-7(6-16)1-2-9(8)17-10(3-4-10)11(13,14)15/h1-2,5,17H,3-4H2. The second kappa shape index (κ2) is 3.81. The monoisotopic (exact) mass is 260 g/mol. The summed E-state index contributed by atoms with van der Waals surface area (Å²) in [6.07, 6.45) is -4.19. The summed E-state index contributed by atoms with van der Waals surface area (Å²) in [6.45, 7) is 0. The largest absolute Gasteiger partial charge is 0.411 e. The van der Waals surface area contributed by atoms with Gasteiger partial charge in [-0.05, 0) is 31.0 Å². The van der Waals surface area contributed by atoms with Gasteiger partial charge in [-0.15, -0.1) is 0 Å². The maximum atomic E-state index is 12.7. The number of anilines is 1. The lowest BCUT2D eigenvalue weighted by atomic mass is 10.2. The van der Waals surface area contributed by atoms with Crippen molar-refractivity contribution >= 4 is 17.3 Å². The highest BCUT2D eigenvalue weighted by atomic mass is 35.5. The molecule has 0 unspecified atom stereocenters. The molecule has 0 spiro atoms. The SMILES string of the molecule is N#Cc1ccc(NC2(C(F)(F)F)CC2)c(Cl)c1. The van der Waals surface area contributed by atoms with Gasteiger partial charge in [-0.3, -0.25) is 0 Å². The smallest absolute Gasteiger partial charge is 0.370 e. The van der Waals surface area contributed by atoms with Crippen LogP contribution in [0.25, 0.3) is 0 Å². The van der Waals surface area contributed by atoms with Crippen molar-refractivity contribution in [1.82, 2.24) is 0 Å². The molecule has 0 atom stereocenters. The van der Waals surface area contributed by atoms with Crippen LogP contribution in [0.4, 0.5) is 18.9 Å². The van der Waals surface area contributed by atoms with Crippen molar-refractivity contribution in [2.45, 2.75) is 24.6 Å². The Hall–Kier alpha value is -1.41. The van der Waals surface area contributed by atoms with Gasteiger partial charge in [-0.25, -0.2) is 0 Å². The van der Waals surface area contributed by atoms with Gasteiger partial charge in [-0.1, -0.05) is 11.6 Å². The van der Waals surface area contributed by atoms with Gasteiger partial charge in [0.15, 0.2) is 0 Å². The van der Waals surface area contributed by atoms with Crippen LogP contribution in [-0.2, 0) is 0 Å². The lowest BCUT2D eigenvalue weighted by molar-refractivity contribution is -0.151. The van der Waals surface area contributed by atoms with Crippen molar-refractivity contribution in [3.05, 3.63) is 28.8 Å². The van der Waals surface area contributed by atoms with E-state index in [9.17, 15) is 13.2 Å². The van der Waals surface area contributed by atoms with E-state index in [1.807, 2.05) is 6.07 Å². The Morgan fingerprint density at radius 3 is 2.41 bits per heavy atom. The van der Waals surface area contributed by atoms with E-state index in [2.05, 4.69) is 5.32 Å². The van der Waals surface area contributed by atoms with Gasteiger partial charge in [0.25, 0.3) is 0 Å². The highest BCUT2D eigenvalue weighted by Crippen LogP contribution is 2.51. The number of benzene rings is 1. The molecular formula is C11H8ClF3N2. The summed E-state index contributed by atoms with van der Waals surface area (Å²) in [5, 5.41) is 11.2. The number of nitrogens with one attached hydrogen (secondary N) is 1. The molecule has 6 heteroatoms. The molecule has 0 radical (unpaired) electrons. The zero-order chi connectivity index (χ0) is 12.7. The van der Waals surface area contributed by atoms with E-state index < -0.39 is 11.7 Å². The summed E-state index contributed by atoms with van der Waals surface area (Å²) < 4.78 is 38.1. The number of nitrogens with zero attached hydrogens (tertiary/aromatic N) is 1. The van der Waals surface area contributed by atoms with Gasteiger partial charge in [0.2, 0.25) is 0 Å². The minimum atomic E-state index is -4.29. The maximum Gasteiger partial charge on any atom is 0.411 e. The Morgan fingerprint density at radius 2 is 2.00 bits per heavy atom. The normalized spacial score (nSPS) is 17.4. The third kappa shape index (κ3) is 2.18. The van der Waals surface area contributed by atoms with E-state index in [-0.39, 0.29) is 23.6 Å². The van der Waals surface area contributed by atoms with Crippen LogP contribution in [0, 0.1) is 11.3 Å². The molecule has 1 aromatic rings. The predicted molar refractivity (Wildman–Crippen MR) is 57.8 cm³/mol. The molecular weight excluding hydrogens is 253 g/mol. The summed E-state index contributed by atoms with van der Waals surface area (Å²) in [6, 6.07) is 6.04. The fourth-order valence-corrected chi connectivity index (χ4v) is 1.78. The first-order valence-corrected chi connectivity index (χ1v) is 5.30. The molecule has 1 N–H and O–H groups in total. The number of hydrogen-bond donors (Lipinski definition) is 1. The average Bonchev–Trinajstić information content (AvgIpc) is 3.01. The topological polar surface area (TPSA) is 35.8 Å². The number of nitriles is 1. The van der Waals surface area contributed by atoms with Crippen LogP contribution in [0.15, 0.2) is 18.2 Å². The van der Waals surface area contributed by atoms with E-state index in [0.717, 1.165) is 0 Å². The second-order valence-electron chi connectivity index (χ2n) is 4.01. The summed E-state index contributed by atoms with van der Waals surface area (Å²) in [5.74, 6) is 0. The summed E-state index contributed by atoms with van der Waals surface area (Å²) in [5.41, 5.74) is -1.32. The molecule has 90 valence electrons. The third-order valence-electron chi connectivity index (χ3n) is 2.76. The van der Waals surface area contributed by atoms with Crippen molar-refractivity contribution in [3.63, 3.8) is 0 Å². The van der Waals surface area contributed by atoms with Crippen molar-refractivity contribution in [2.75, 3.05) is 5.32 Å². The Morgan fingerprint density at radius 1 is 1.35 bits per heavy atom. The number of halogens is 4. The van der Waals surface area contributed by atoms with Crippen molar-refractivity contribution in [3.8, 4) is 6.07 Å². The lowest BCUT2D eigenvalue weighted by Gasteiger charge is -2.22. The fourth-order valence-electron chi connectivity index (χ4n) is 1.55. The summed E-state index contributed by atoms with van der Waals surface area (Å²) in [4.78, 5) is 0. The van der Waals surface area contributed by atoms with E-state index in [0.29, 0.717) is 5.56 Å². The first-order chi connectivity index (χ1) is 7.88. The van der Waals surface area contributed by atoms with Crippen molar-refractivity contribution in [2.24, 2.45) is 0 Å². The number of hydrogen-bond acceptors (Lipinski definition) is 2. The quantitative estimate of drug-likeness (QED) is 0.880.